The fourth-order valence-corrected chi connectivity index (χ4v) is 1.87. The Morgan fingerprint density at radius 2 is 1.95 bits per heavy atom. The van der Waals surface area contributed by atoms with Gasteiger partial charge in [0.2, 0.25) is 0 Å². The molecule has 7 heteroatoms. The number of nitrogens with two attached hydrogens (primary N) is 1. The summed E-state index contributed by atoms with van der Waals surface area (Å²) in [6.07, 6.45) is 1.28. The molecule has 0 radical (unpaired) electrons. The lowest BCUT2D eigenvalue weighted by atomic mass is 10.3. The molecule has 19 heavy (non-hydrogen) atoms. The Morgan fingerprint density at radius 1 is 1.21 bits per heavy atom. The highest BCUT2D eigenvalue weighted by Crippen LogP contribution is 2.23. The number of para-hydroxylation sites is 1. The summed E-state index contributed by atoms with van der Waals surface area (Å²) in [5, 5.41) is 13.5. The van der Waals surface area contributed by atoms with E-state index in [1.54, 1.807) is 12.1 Å². The summed E-state index contributed by atoms with van der Waals surface area (Å²) in [4.78, 5) is 19.1. The summed E-state index contributed by atoms with van der Waals surface area (Å²) in [6.45, 7) is 0. The molecule has 3 rings (SSSR count). The first-order chi connectivity index (χ1) is 9.18. The fraction of sp³-hybridized carbons (Fsp3) is 0. The number of rotatable bonds is 2. The molecule has 0 aliphatic rings. The average molecular weight is 255 g/mol. The maximum Gasteiger partial charge on any atom is 0.357 e. The summed E-state index contributed by atoms with van der Waals surface area (Å²) in [7, 11) is 0. The Hall–Kier alpha value is -2.96. The van der Waals surface area contributed by atoms with Crippen LogP contribution in [0.2, 0.25) is 0 Å². The Labute approximate surface area is 107 Å². The Balaban J connectivity index is 2.39. The van der Waals surface area contributed by atoms with E-state index in [4.69, 9.17) is 5.73 Å². The summed E-state index contributed by atoms with van der Waals surface area (Å²) in [5.74, 6) is -1.06. The van der Waals surface area contributed by atoms with Gasteiger partial charge in [0.1, 0.15) is 12.1 Å². The molecule has 0 amide bonds. The van der Waals surface area contributed by atoms with Crippen LogP contribution in [0, 0.1) is 0 Å². The van der Waals surface area contributed by atoms with Crippen molar-refractivity contribution < 1.29 is 9.90 Å². The number of anilines is 1. The van der Waals surface area contributed by atoms with E-state index in [2.05, 4.69) is 15.1 Å². The Bertz CT molecular complexity index is 766. The van der Waals surface area contributed by atoms with E-state index in [9.17, 15) is 9.90 Å². The van der Waals surface area contributed by atoms with Gasteiger partial charge in [-0.25, -0.2) is 19.4 Å². The topological polar surface area (TPSA) is 107 Å². The molecule has 0 unspecified atom stereocenters. The number of nitrogen functional groups attached to an aromatic ring is 1. The third-order valence-corrected chi connectivity index (χ3v) is 2.70. The predicted molar refractivity (Wildman–Crippen MR) is 68.0 cm³/mol. The van der Waals surface area contributed by atoms with Gasteiger partial charge in [0, 0.05) is 0 Å². The normalized spacial score (nSPS) is 10.7. The van der Waals surface area contributed by atoms with Gasteiger partial charge in [-0.05, 0) is 12.1 Å². The number of carboxylic acid groups (broad SMARTS) is 1. The van der Waals surface area contributed by atoms with Crippen LogP contribution in [-0.2, 0) is 0 Å². The van der Waals surface area contributed by atoms with Crippen LogP contribution in [0.3, 0.4) is 0 Å². The van der Waals surface area contributed by atoms with Crippen LogP contribution >= 0.6 is 0 Å². The van der Waals surface area contributed by atoms with E-state index in [1.165, 1.54) is 11.0 Å². The van der Waals surface area contributed by atoms with Crippen LogP contribution in [-0.4, -0.2) is 30.8 Å². The van der Waals surface area contributed by atoms with Gasteiger partial charge < -0.3 is 10.8 Å². The first kappa shape index (κ1) is 11.1. The number of hydrogen-bond donors (Lipinski definition) is 2. The maximum atomic E-state index is 11.2. The van der Waals surface area contributed by atoms with Crippen LogP contribution in [0.5, 0.6) is 0 Å². The first-order valence-corrected chi connectivity index (χ1v) is 5.46. The number of fused-ring (bicyclic) bond motifs is 1. The second-order valence-electron chi connectivity index (χ2n) is 3.86. The maximum absolute atomic E-state index is 11.2. The minimum Gasteiger partial charge on any atom is -0.476 e. The van der Waals surface area contributed by atoms with Gasteiger partial charge >= 0.3 is 5.97 Å². The molecule has 0 aliphatic carbocycles. The first-order valence-electron chi connectivity index (χ1n) is 5.46. The number of aromatic carboxylic acids is 1. The minimum absolute atomic E-state index is 0.101. The van der Waals surface area contributed by atoms with E-state index in [-0.39, 0.29) is 16.9 Å². The lowest BCUT2D eigenvalue weighted by molar-refractivity contribution is 0.0692. The van der Waals surface area contributed by atoms with E-state index < -0.39 is 5.97 Å². The molecular formula is C12H9N5O2. The zero-order valence-corrected chi connectivity index (χ0v) is 9.69. The molecule has 0 saturated heterocycles. The summed E-state index contributed by atoms with van der Waals surface area (Å²) >= 11 is 0. The van der Waals surface area contributed by atoms with E-state index in [0.717, 1.165) is 0 Å². The minimum atomic E-state index is -1.17. The average Bonchev–Trinajstić information content (AvgIpc) is 2.81. The van der Waals surface area contributed by atoms with Crippen molar-refractivity contribution in [2.45, 2.75) is 0 Å². The smallest absolute Gasteiger partial charge is 0.357 e. The largest absolute Gasteiger partial charge is 0.476 e. The van der Waals surface area contributed by atoms with Crippen LogP contribution < -0.4 is 5.73 Å². The summed E-state index contributed by atoms with van der Waals surface area (Å²) in [6, 6.07) is 9.12. The van der Waals surface area contributed by atoms with Crippen LogP contribution in [0.1, 0.15) is 10.5 Å². The highest BCUT2D eigenvalue weighted by atomic mass is 16.4. The molecule has 2 aromatic heterocycles. The van der Waals surface area contributed by atoms with Gasteiger partial charge in [-0.15, -0.1) is 0 Å². The highest BCUT2D eigenvalue weighted by Gasteiger charge is 2.20. The van der Waals surface area contributed by atoms with Crippen molar-refractivity contribution in [3.05, 3.63) is 42.4 Å². The van der Waals surface area contributed by atoms with E-state index in [1.807, 2.05) is 18.2 Å². The van der Waals surface area contributed by atoms with Crippen molar-refractivity contribution >= 4 is 22.8 Å². The van der Waals surface area contributed by atoms with Crippen LogP contribution in [0.15, 0.2) is 36.7 Å². The van der Waals surface area contributed by atoms with Crippen LogP contribution in [0.25, 0.3) is 16.7 Å². The zero-order chi connectivity index (χ0) is 13.4. The molecule has 7 nitrogen and oxygen atoms in total. The van der Waals surface area contributed by atoms with E-state index >= 15 is 0 Å². The van der Waals surface area contributed by atoms with Gasteiger partial charge in [0.05, 0.1) is 11.1 Å². The third kappa shape index (κ3) is 1.68. The number of carboxylic acids is 1. The second-order valence-corrected chi connectivity index (χ2v) is 3.86. The molecule has 94 valence electrons. The van der Waals surface area contributed by atoms with Crippen molar-refractivity contribution in [1.82, 2.24) is 19.7 Å². The number of nitrogens with zero attached hydrogens (tertiary/aromatic N) is 4. The Kier molecular flexibility index (Phi) is 2.38. The molecule has 0 saturated carbocycles. The quantitative estimate of drug-likeness (QED) is 0.710. The molecule has 0 bridgehead atoms. The lowest BCUT2D eigenvalue weighted by Gasteiger charge is -2.01. The van der Waals surface area contributed by atoms with Gasteiger partial charge in [-0.2, -0.15) is 5.10 Å². The van der Waals surface area contributed by atoms with Crippen molar-refractivity contribution in [3.8, 4) is 5.69 Å². The molecule has 3 aromatic rings. The molecule has 0 aliphatic heterocycles. The van der Waals surface area contributed by atoms with Crippen molar-refractivity contribution in [1.29, 1.82) is 0 Å². The SMILES string of the molecule is Nc1ncnc2c1c(C(=O)O)nn2-c1ccccc1. The monoisotopic (exact) mass is 255 g/mol. The standard InChI is InChI=1S/C12H9N5O2/c13-10-8-9(12(18)19)16-17(11(8)15-6-14-10)7-4-2-1-3-5-7/h1-6H,(H,18,19)(H2,13,14,15). The van der Waals surface area contributed by atoms with E-state index in [0.29, 0.717) is 11.3 Å². The number of hydrogen-bond acceptors (Lipinski definition) is 5. The molecular weight excluding hydrogens is 246 g/mol. The molecule has 0 atom stereocenters. The molecule has 3 N–H and O–H groups in total. The number of benzene rings is 1. The number of aromatic nitrogens is 4. The summed E-state index contributed by atoms with van der Waals surface area (Å²) in [5.41, 5.74) is 6.64. The zero-order valence-electron chi connectivity index (χ0n) is 9.69. The van der Waals surface area contributed by atoms with Crippen LogP contribution in [0.4, 0.5) is 5.82 Å². The highest BCUT2D eigenvalue weighted by molar-refractivity contribution is 6.04. The van der Waals surface area contributed by atoms with Crippen molar-refractivity contribution in [2.75, 3.05) is 5.73 Å². The summed E-state index contributed by atoms with van der Waals surface area (Å²) < 4.78 is 1.44. The third-order valence-electron chi connectivity index (χ3n) is 2.70. The second kappa shape index (κ2) is 4.05. The van der Waals surface area contributed by atoms with Gasteiger partial charge in [0.25, 0.3) is 0 Å². The lowest BCUT2D eigenvalue weighted by Crippen LogP contribution is -2.01. The predicted octanol–water partition coefficient (Wildman–Crippen LogP) is 1.10. The number of carbonyl (C=O) groups is 1. The van der Waals surface area contributed by atoms with Gasteiger partial charge in [-0.3, -0.25) is 0 Å². The van der Waals surface area contributed by atoms with Gasteiger partial charge in [-0.1, -0.05) is 18.2 Å². The van der Waals surface area contributed by atoms with Crippen molar-refractivity contribution in [2.24, 2.45) is 0 Å². The molecule has 0 fully saturated rings. The fourth-order valence-electron chi connectivity index (χ4n) is 1.87. The van der Waals surface area contributed by atoms with Gasteiger partial charge in [0.15, 0.2) is 11.3 Å². The molecule has 2 heterocycles. The Morgan fingerprint density at radius 3 is 2.63 bits per heavy atom. The molecule has 1 aromatic carbocycles. The molecule has 0 spiro atoms. The van der Waals surface area contributed by atoms with Crippen molar-refractivity contribution in [3.63, 3.8) is 0 Å².